The highest BCUT2D eigenvalue weighted by Gasteiger charge is 2.30. The van der Waals surface area contributed by atoms with Gasteiger partial charge in [0.15, 0.2) is 6.61 Å². The van der Waals surface area contributed by atoms with Crippen molar-refractivity contribution in [1.82, 2.24) is 10.2 Å². The number of hydrogen-bond acceptors (Lipinski definition) is 3. The van der Waals surface area contributed by atoms with Crippen molar-refractivity contribution >= 4 is 11.8 Å². The monoisotopic (exact) mass is 472 g/mol. The topological polar surface area (TPSA) is 58.6 Å². The summed E-state index contributed by atoms with van der Waals surface area (Å²) in [5.41, 5.74) is 4.08. The average Bonchev–Trinajstić information content (AvgIpc) is 2.86. The SMILES string of the molecule is CCCCNC(=O)C(Cc1ccccc1)N(Cc1ccccc1)C(=O)COc1ccc(C)cc1C. The average molecular weight is 473 g/mol. The number of aryl methyl sites for hydroxylation is 2. The molecule has 0 aliphatic rings. The molecular weight excluding hydrogens is 436 g/mol. The van der Waals surface area contributed by atoms with Crippen LogP contribution in [0.5, 0.6) is 5.75 Å². The molecule has 35 heavy (non-hydrogen) atoms. The summed E-state index contributed by atoms with van der Waals surface area (Å²) in [6.07, 6.45) is 2.31. The van der Waals surface area contributed by atoms with Crippen LogP contribution < -0.4 is 10.1 Å². The molecule has 2 amide bonds. The molecule has 1 N–H and O–H groups in total. The van der Waals surface area contributed by atoms with Crippen LogP contribution in [0.15, 0.2) is 78.9 Å². The van der Waals surface area contributed by atoms with Crippen molar-refractivity contribution in [2.45, 2.75) is 52.6 Å². The van der Waals surface area contributed by atoms with E-state index in [1.807, 2.05) is 92.7 Å². The zero-order valence-electron chi connectivity index (χ0n) is 21.0. The number of ether oxygens (including phenoxy) is 1. The third-order valence-electron chi connectivity index (χ3n) is 5.98. The maximum absolute atomic E-state index is 13.6. The van der Waals surface area contributed by atoms with Crippen LogP contribution in [0.25, 0.3) is 0 Å². The Hall–Kier alpha value is -3.60. The Morgan fingerprint density at radius 2 is 1.57 bits per heavy atom. The molecule has 0 saturated carbocycles. The molecule has 3 aromatic rings. The highest BCUT2D eigenvalue weighted by atomic mass is 16.5. The number of rotatable bonds is 12. The van der Waals surface area contributed by atoms with Gasteiger partial charge in [-0.25, -0.2) is 0 Å². The fraction of sp³-hybridized carbons (Fsp3) is 0.333. The number of unbranched alkanes of at least 4 members (excludes halogenated alkanes) is 1. The van der Waals surface area contributed by atoms with E-state index in [0.29, 0.717) is 25.3 Å². The summed E-state index contributed by atoms with van der Waals surface area (Å²) < 4.78 is 5.93. The van der Waals surface area contributed by atoms with Crippen molar-refractivity contribution in [3.05, 3.63) is 101 Å². The Balaban J connectivity index is 1.87. The lowest BCUT2D eigenvalue weighted by atomic mass is 10.0. The van der Waals surface area contributed by atoms with Gasteiger partial charge in [-0.3, -0.25) is 9.59 Å². The predicted octanol–water partition coefficient (Wildman–Crippen LogP) is 5.24. The molecule has 3 aromatic carbocycles. The van der Waals surface area contributed by atoms with Crippen molar-refractivity contribution in [2.24, 2.45) is 0 Å². The number of amides is 2. The van der Waals surface area contributed by atoms with Crippen LogP contribution in [-0.2, 0) is 22.6 Å². The molecule has 0 aliphatic heterocycles. The van der Waals surface area contributed by atoms with Gasteiger partial charge >= 0.3 is 0 Å². The van der Waals surface area contributed by atoms with E-state index in [4.69, 9.17) is 4.74 Å². The Labute approximate surface area is 209 Å². The zero-order valence-corrected chi connectivity index (χ0v) is 21.0. The molecule has 184 valence electrons. The smallest absolute Gasteiger partial charge is 0.261 e. The minimum atomic E-state index is -0.648. The lowest BCUT2D eigenvalue weighted by molar-refractivity contribution is -0.142. The van der Waals surface area contributed by atoms with Crippen molar-refractivity contribution in [3.8, 4) is 5.75 Å². The van der Waals surface area contributed by atoms with Gasteiger partial charge in [0.25, 0.3) is 5.91 Å². The fourth-order valence-corrected chi connectivity index (χ4v) is 4.02. The third-order valence-corrected chi connectivity index (χ3v) is 5.98. The number of benzene rings is 3. The molecule has 5 nitrogen and oxygen atoms in total. The van der Waals surface area contributed by atoms with Crippen molar-refractivity contribution in [3.63, 3.8) is 0 Å². The van der Waals surface area contributed by atoms with E-state index in [2.05, 4.69) is 12.2 Å². The first-order chi connectivity index (χ1) is 17.0. The van der Waals surface area contributed by atoms with E-state index in [9.17, 15) is 9.59 Å². The predicted molar refractivity (Wildman–Crippen MR) is 140 cm³/mol. The van der Waals surface area contributed by atoms with Crippen LogP contribution in [-0.4, -0.2) is 35.9 Å². The number of hydrogen-bond donors (Lipinski definition) is 1. The van der Waals surface area contributed by atoms with E-state index in [1.54, 1.807) is 4.90 Å². The second-order valence-corrected chi connectivity index (χ2v) is 8.91. The lowest BCUT2D eigenvalue weighted by Gasteiger charge is -2.31. The molecule has 0 aliphatic carbocycles. The number of nitrogens with zero attached hydrogens (tertiary/aromatic N) is 1. The molecule has 5 heteroatoms. The van der Waals surface area contributed by atoms with E-state index >= 15 is 0 Å². The van der Waals surface area contributed by atoms with Crippen LogP contribution in [0, 0.1) is 13.8 Å². The van der Waals surface area contributed by atoms with E-state index in [-0.39, 0.29) is 18.4 Å². The van der Waals surface area contributed by atoms with Crippen LogP contribution >= 0.6 is 0 Å². The third kappa shape index (κ3) is 7.99. The minimum Gasteiger partial charge on any atom is -0.483 e. The van der Waals surface area contributed by atoms with Crippen LogP contribution in [0.3, 0.4) is 0 Å². The summed E-state index contributed by atoms with van der Waals surface area (Å²) in [5.74, 6) is 0.314. The maximum Gasteiger partial charge on any atom is 0.261 e. The first-order valence-corrected chi connectivity index (χ1v) is 12.3. The summed E-state index contributed by atoms with van der Waals surface area (Å²) in [7, 11) is 0. The summed E-state index contributed by atoms with van der Waals surface area (Å²) in [4.78, 5) is 28.6. The van der Waals surface area contributed by atoms with Gasteiger partial charge in [0.05, 0.1) is 0 Å². The second kappa shape index (κ2) is 13.3. The standard InChI is InChI=1S/C30H36N2O3/c1-4-5-18-31-30(34)27(20-25-12-8-6-9-13-25)32(21-26-14-10-7-11-15-26)29(33)22-35-28-17-16-23(2)19-24(28)3/h6-17,19,27H,4-5,18,20-22H2,1-3H3,(H,31,34). The second-order valence-electron chi connectivity index (χ2n) is 8.91. The quantitative estimate of drug-likeness (QED) is 0.367. The molecular formula is C30H36N2O3. The highest BCUT2D eigenvalue weighted by Crippen LogP contribution is 2.20. The van der Waals surface area contributed by atoms with E-state index < -0.39 is 6.04 Å². The van der Waals surface area contributed by atoms with Gasteiger partial charge < -0.3 is 15.0 Å². The number of carbonyl (C=O) groups excluding carboxylic acids is 2. The highest BCUT2D eigenvalue weighted by molar-refractivity contribution is 5.88. The molecule has 3 rings (SSSR count). The van der Waals surface area contributed by atoms with Crippen molar-refractivity contribution < 1.29 is 14.3 Å². The van der Waals surface area contributed by atoms with Gasteiger partial charge in [0, 0.05) is 19.5 Å². The molecule has 0 spiro atoms. The number of nitrogens with one attached hydrogen (secondary N) is 1. The Morgan fingerprint density at radius 3 is 2.20 bits per heavy atom. The minimum absolute atomic E-state index is 0.135. The Kier molecular flexibility index (Phi) is 9.91. The summed E-state index contributed by atoms with van der Waals surface area (Å²) >= 11 is 0. The molecule has 0 saturated heterocycles. The molecule has 0 aromatic heterocycles. The molecule has 1 unspecified atom stereocenters. The first-order valence-electron chi connectivity index (χ1n) is 12.3. The lowest BCUT2D eigenvalue weighted by Crippen LogP contribution is -2.51. The summed E-state index contributed by atoms with van der Waals surface area (Å²) in [6, 6.07) is 24.8. The normalized spacial score (nSPS) is 11.5. The molecule has 0 heterocycles. The zero-order chi connectivity index (χ0) is 25.0. The molecule has 0 fully saturated rings. The largest absolute Gasteiger partial charge is 0.483 e. The van der Waals surface area contributed by atoms with Gasteiger partial charge in [-0.1, -0.05) is 91.7 Å². The first kappa shape index (κ1) is 26.0. The van der Waals surface area contributed by atoms with Gasteiger partial charge in [-0.15, -0.1) is 0 Å². The van der Waals surface area contributed by atoms with Gasteiger partial charge in [0.1, 0.15) is 11.8 Å². The van der Waals surface area contributed by atoms with Gasteiger partial charge in [-0.2, -0.15) is 0 Å². The van der Waals surface area contributed by atoms with Crippen molar-refractivity contribution in [2.75, 3.05) is 13.2 Å². The molecule has 1 atom stereocenters. The molecule has 0 radical (unpaired) electrons. The van der Waals surface area contributed by atoms with E-state index in [0.717, 1.165) is 35.1 Å². The Bertz CT molecular complexity index is 1080. The van der Waals surface area contributed by atoms with Crippen LogP contribution in [0.1, 0.15) is 42.0 Å². The van der Waals surface area contributed by atoms with Crippen molar-refractivity contribution in [1.29, 1.82) is 0 Å². The van der Waals surface area contributed by atoms with Gasteiger partial charge in [-0.05, 0) is 43.0 Å². The number of carbonyl (C=O) groups is 2. The summed E-state index contributed by atoms with van der Waals surface area (Å²) in [5, 5.41) is 3.04. The van der Waals surface area contributed by atoms with Crippen LogP contribution in [0.4, 0.5) is 0 Å². The fourth-order valence-electron chi connectivity index (χ4n) is 4.02. The van der Waals surface area contributed by atoms with Crippen LogP contribution in [0.2, 0.25) is 0 Å². The Morgan fingerprint density at radius 1 is 0.914 bits per heavy atom. The molecule has 0 bridgehead atoms. The van der Waals surface area contributed by atoms with E-state index in [1.165, 1.54) is 0 Å². The summed E-state index contributed by atoms with van der Waals surface area (Å²) in [6.45, 7) is 6.86. The van der Waals surface area contributed by atoms with Gasteiger partial charge in [0.2, 0.25) is 5.91 Å². The maximum atomic E-state index is 13.6.